The molecule has 0 aliphatic rings. The van der Waals surface area contributed by atoms with E-state index < -0.39 is 30.1 Å². The molecule has 0 aliphatic heterocycles. The summed E-state index contributed by atoms with van der Waals surface area (Å²) in [6.45, 7) is 2.74. The van der Waals surface area contributed by atoms with Crippen LogP contribution < -0.4 is 9.47 Å². The predicted molar refractivity (Wildman–Crippen MR) is 169 cm³/mol. The van der Waals surface area contributed by atoms with Gasteiger partial charge in [-0.1, -0.05) is 89.5 Å². The van der Waals surface area contributed by atoms with Crippen LogP contribution in [0.4, 0.5) is 0 Å². The van der Waals surface area contributed by atoms with Gasteiger partial charge in [-0.2, -0.15) is 0 Å². The number of carbonyl (C=O) groups is 2. The first-order valence-electron chi connectivity index (χ1n) is 15.4. The Bertz CT molecular complexity index is 1070. The molecule has 236 valence electrons. The lowest BCUT2D eigenvalue weighted by Gasteiger charge is -2.28. The number of hydrogen-bond donors (Lipinski definition) is 4. The van der Waals surface area contributed by atoms with Gasteiger partial charge in [0.1, 0.15) is 28.4 Å². The third-order valence-corrected chi connectivity index (χ3v) is 7.32. The molecule has 8 nitrogen and oxygen atoms in total. The molecule has 0 spiro atoms. The smallest absolute Gasteiger partial charge is 0.311 e. The van der Waals surface area contributed by atoms with Crippen LogP contribution in [0.3, 0.4) is 0 Å². The fourth-order valence-electron chi connectivity index (χ4n) is 4.47. The van der Waals surface area contributed by atoms with Gasteiger partial charge in [0.05, 0.1) is 13.2 Å². The largest absolute Gasteiger partial charge is 0.511 e. The van der Waals surface area contributed by atoms with Crippen LogP contribution in [0, 0.1) is 5.41 Å². The summed E-state index contributed by atoms with van der Waals surface area (Å²) in [5.74, 6) is -0.771. The molecule has 2 rings (SSSR count). The number of ether oxygens (including phenoxy) is 2. The van der Waals surface area contributed by atoms with E-state index >= 15 is 0 Å². The molecule has 0 radical (unpaired) electrons. The van der Waals surface area contributed by atoms with Gasteiger partial charge >= 0.3 is 11.9 Å². The second kappa shape index (κ2) is 19.5. The maximum Gasteiger partial charge on any atom is 0.311 e. The summed E-state index contributed by atoms with van der Waals surface area (Å²) in [7, 11) is 0. The zero-order valence-electron chi connectivity index (χ0n) is 25.6. The van der Waals surface area contributed by atoms with Crippen molar-refractivity contribution in [3.8, 4) is 11.5 Å². The predicted octanol–water partition coefficient (Wildman–Crippen LogP) is 7.69. The van der Waals surface area contributed by atoms with Crippen LogP contribution in [0.5, 0.6) is 11.5 Å². The van der Waals surface area contributed by atoms with Crippen LogP contribution in [0.1, 0.15) is 102 Å². The van der Waals surface area contributed by atoms with Crippen molar-refractivity contribution in [3.05, 3.63) is 71.2 Å². The number of carbonyl (C=O) groups excluding carboxylic acids is 2. The molecule has 0 saturated carbocycles. The standard InChI is InChI=1S/C35H48O8/c1-3-5-7-9-11-13-33(40)42-29-19-15-27(16-20-29)23-31(38)35(25-36,26-37)32(39)24-28-17-21-30(22-18-28)43-34(41)14-12-10-8-6-4-2/h15-24,36-39H,3-14,25-26H2,1-2H3. The summed E-state index contributed by atoms with van der Waals surface area (Å²) < 4.78 is 10.8. The third-order valence-electron chi connectivity index (χ3n) is 7.32. The van der Waals surface area contributed by atoms with E-state index in [1.807, 2.05) is 0 Å². The first-order valence-corrected chi connectivity index (χ1v) is 15.4. The van der Waals surface area contributed by atoms with Gasteiger partial charge in [0.2, 0.25) is 0 Å². The zero-order valence-corrected chi connectivity index (χ0v) is 25.6. The summed E-state index contributed by atoms with van der Waals surface area (Å²) in [5, 5.41) is 42.0. The molecule has 0 amide bonds. The topological polar surface area (TPSA) is 134 Å². The summed E-state index contributed by atoms with van der Waals surface area (Å²) in [5.41, 5.74) is -0.841. The lowest BCUT2D eigenvalue weighted by atomic mass is 9.83. The highest BCUT2D eigenvalue weighted by atomic mass is 16.5. The SMILES string of the molecule is CCCCCCCC(=O)Oc1ccc(C=C(O)C(CO)(CO)C(O)=Cc2ccc(OC(=O)CCCCCCC)cc2)cc1. The second-order valence-corrected chi connectivity index (χ2v) is 10.9. The molecule has 43 heavy (non-hydrogen) atoms. The van der Waals surface area contributed by atoms with Crippen molar-refractivity contribution < 1.29 is 39.5 Å². The van der Waals surface area contributed by atoms with Crippen LogP contribution >= 0.6 is 0 Å². The van der Waals surface area contributed by atoms with Crippen molar-refractivity contribution in [2.75, 3.05) is 13.2 Å². The average Bonchev–Trinajstić information content (AvgIpc) is 3.00. The van der Waals surface area contributed by atoms with Gasteiger partial charge in [-0.15, -0.1) is 0 Å². The molecule has 0 bridgehead atoms. The van der Waals surface area contributed by atoms with E-state index in [0.717, 1.165) is 64.2 Å². The molecule has 2 aromatic rings. The number of aliphatic hydroxyl groups excluding tert-OH is 4. The minimum absolute atomic E-state index is 0.304. The molecule has 0 aromatic heterocycles. The Morgan fingerprint density at radius 3 is 1.28 bits per heavy atom. The Balaban J connectivity index is 2.03. The number of aliphatic hydroxyl groups is 4. The molecule has 0 heterocycles. The van der Waals surface area contributed by atoms with Gasteiger partial charge in [-0.3, -0.25) is 9.59 Å². The van der Waals surface area contributed by atoms with Crippen LogP contribution in [0.25, 0.3) is 12.2 Å². The quantitative estimate of drug-likeness (QED) is 0.0529. The maximum atomic E-state index is 12.1. The van der Waals surface area contributed by atoms with E-state index in [4.69, 9.17) is 9.47 Å². The first-order chi connectivity index (χ1) is 20.8. The van der Waals surface area contributed by atoms with Crippen LogP contribution in [-0.4, -0.2) is 45.6 Å². The van der Waals surface area contributed by atoms with Gasteiger partial charge in [0, 0.05) is 12.8 Å². The maximum absolute atomic E-state index is 12.1. The van der Waals surface area contributed by atoms with E-state index in [-0.39, 0.29) is 11.9 Å². The minimum Gasteiger partial charge on any atom is -0.511 e. The van der Waals surface area contributed by atoms with Gasteiger partial charge in [-0.05, 0) is 60.4 Å². The number of esters is 2. The van der Waals surface area contributed by atoms with Gasteiger partial charge in [0.15, 0.2) is 0 Å². The van der Waals surface area contributed by atoms with Gasteiger partial charge < -0.3 is 29.9 Å². The summed E-state index contributed by atoms with van der Waals surface area (Å²) in [6, 6.07) is 12.8. The third kappa shape index (κ3) is 12.3. The van der Waals surface area contributed by atoms with Crippen molar-refractivity contribution in [3.63, 3.8) is 0 Å². The fraction of sp³-hybridized carbons (Fsp3) is 0.486. The number of unbranched alkanes of at least 4 members (excludes halogenated alkanes) is 8. The van der Waals surface area contributed by atoms with Crippen molar-refractivity contribution in [1.82, 2.24) is 0 Å². The van der Waals surface area contributed by atoms with E-state index in [0.29, 0.717) is 35.5 Å². The van der Waals surface area contributed by atoms with Crippen LogP contribution in [-0.2, 0) is 9.59 Å². The Morgan fingerprint density at radius 1 is 0.605 bits per heavy atom. The molecule has 0 saturated heterocycles. The van der Waals surface area contributed by atoms with E-state index in [9.17, 15) is 30.0 Å². The molecule has 0 aliphatic carbocycles. The first kappa shape index (κ1) is 35.6. The van der Waals surface area contributed by atoms with E-state index in [1.54, 1.807) is 48.5 Å². The Hall–Kier alpha value is -3.62. The number of rotatable bonds is 20. The van der Waals surface area contributed by atoms with E-state index in [2.05, 4.69) is 13.8 Å². The summed E-state index contributed by atoms with van der Waals surface area (Å²) in [6.07, 6.45) is 13.7. The molecular formula is C35H48O8. The number of benzene rings is 2. The molecule has 0 atom stereocenters. The van der Waals surface area contributed by atoms with Crippen LogP contribution in [0.15, 0.2) is 60.0 Å². The zero-order chi connectivity index (χ0) is 31.5. The van der Waals surface area contributed by atoms with Crippen molar-refractivity contribution in [2.45, 2.75) is 90.9 Å². The molecule has 0 unspecified atom stereocenters. The Kier molecular flexibility index (Phi) is 16.2. The lowest BCUT2D eigenvalue weighted by Crippen LogP contribution is -2.34. The molecular weight excluding hydrogens is 548 g/mol. The Labute approximate surface area is 255 Å². The summed E-state index contributed by atoms with van der Waals surface area (Å²) >= 11 is 0. The highest BCUT2D eigenvalue weighted by molar-refractivity contribution is 5.73. The van der Waals surface area contributed by atoms with Crippen molar-refractivity contribution in [2.24, 2.45) is 5.41 Å². The fourth-order valence-corrected chi connectivity index (χ4v) is 4.47. The lowest BCUT2D eigenvalue weighted by molar-refractivity contribution is -0.135. The molecule has 0 fully saturated rings. The second-order valence-electron chi connectivity index (χ2n) is 10.9. The van der Waals surface area contributed by atoms with Crippen molar-refractivity contribution >= 4 is 24.1 Å². The normalized spacial score (nSPS) is 12.3. The number of hydrogen-bond acceptors (Lipinski definition) is 8. The van der Waals surface area contributed by atoms with Gasteiger partial charge in [0.25, 0.3) is 0 Å². The molecule has 8 heteroatoms. The molecule has 4 N–H and O–H groups in total. The summed E-state index contributed by atoms with van der Waals surface area (Å²) in [4.78, 5) is 24.2. The highest BCUT2D eigenvalue weighted by Crippen LogP contribution is 2.35. The molecule has 2 aromatic carbocycles. The highest BCUT2D eigenvalue weighted by Gasteiger charge is 2.38. The average molecular weight is 597 g/mol. The Morgan fingerprint density at radius 2 is 0.953 bits per heavy atom. The van der Waals surface area contributed by atoms with Gasteiger partial charge in [-0.25, -0.2) is 0 Å². The minimum atomic E-state index is -1.86. The van der Waals surface area contributed by atoms with Crippen LogP contribution in [0.2, 0.25) is 0 Å². The monoisotopic (exact) mass is 596 g/mol. The van der Waals surface area contributed by atoms with Crippen molar-refractivity contribution in [1.29, 1.82) is 0 Å². The van der Waals surface area contributed by atoms with E-state index in [1.165, 1.54) is 12.2 Å².